The zero-order valence-electron chi connectivity index (χ0n) is 6.44. The van der Waals surface area contributed by atoms with E-state index in [1.165, 1.54) is 7.11 Å². The molecule has 0 aromatic carbocycles. The van der Waals surface area contributed by atoms with Gasteiger partial charge >= 0.3 is 0 Å². The van der Waals surface area contributed by atoms with Crippen LogP contribution in [-0.4, -0.2) is 12.2 Å². The quantitative estimate of drug-likeness (QED) is 0.516. The standard InChI is InChI=1S/C7H8O5/c1-10-12-7-4-11-5(3-8)2-6(7)9/h2,4,8H,3H2,1H3. The molecule has 12 heavy (non-hydrogen) atoms. The zero-order chi connectivity index (χ0) is 8.97. The smallest absolute Gasteiger partial charge is 0.247 e. The van der Waals surface area contributed by atoms with Crippen LogP contribution in [0.15, 0.2) is 21.5 Å². The van der Waals surface area contributed by atoms with E-state index in [9.17, 15) is 4.79 Å². The molecule has 5 heteroatoms. The SMILES string of the molecule is COOc1coc(CO)cc1=O. The summed E-state index contributed by atoms with van der Waals surface area (Å²) in [6, 6.07) is 1.13. The largest absolute Gasteiger partial charge is 0.463 e. The van der Waals surface area contributed by atoms with Crippen LogP contribution < -0.4 is 10.3 Å². The van der Waals surface area contributed by atoms with Gasteiger partial charge in [-0.25, -0.2) is 0 Å². The number of aliphatic hydroxyl groups excluding tert-OH is 1. The fourth-order valence-corrected chi connectivity index (χ4v) is 0.672. The minimum atomic E-state index is -0.396. The highest BCUT2D eigenvalue weighted by Crippen LogP contribution is 2.05. The minimum Gasteiger partial charge on any atom is -0.463 e. The Hall–Kier alpha value is -1.33. The average molecular weight is 172 g/mol. The minimum absolute atomic E-state index is 0.0466. The first-order chi connectivity index (χ1) is 5.77. The van der Waals surface area contributed by atoms with Gasteiger partial charge in [-0.15, -0.1) is 0 Å². The van der Waals surface area contributed by atoms with Crippen molar-refractivity contribution in [2.45, 2.75) is 6.61 Å². The van der Waals surface area contributed by atoms with E-state index in [0.717, 1.165) is 12.3 Å². The number of aliphatic hydroxyl groups is 1. The maximum Gasteiger partial charge on any atom is 0.247 e. The maximum absolute atomic E-state index is 11.0. The molecule has 1 aromatic rings. The van der Waals surface area contributed by atoms with Gasteiger partial charge < -0.3 is 14.4 Å². The van der Waals surface area contributed by atoms with Crippen LogP contribution in [0.5, 0.6) is 5.75 Å². The molecule has 0 bridgehead atoms. The Balaban J connectivity index is 2.96. The Kier molecular flexibility index (Phi) is 2.84. The van der Waals surface area contributed by atoms with Crippen molar-refractivity contribution < 1.29 is 19.3 Å². The first-order valence-corrected chi connectivity index (χ1v) is 3.21. The van der Waals surface area contributed by atoms with Gasteiger partial charge in [0.1, 0.15) is 18.6 Å². The summed E-state index contributed by atoms with van der Waals surface area (Å²) in [5.41, 5.74) is -0.396. The molecule has 0 saturated carbocycles. The molecule has 5 nitrogen and oxygen atoms in total. The van der Waals surface area contributed by atoms with Crippen molar-refractivity contribution in [1.29, 1.82) is 0 Å². The van der Waals surface area contributed by atoms with Crippen molar-refractivity contribution in [2.24, 2.45) is 0 Å². The van der Waals surface area contributed by atoms with Crippen LogP contribution in [0.2, 0.25) is 0 Å². The topological polar surface area (TPSA) is 68.9 Å². The summed E-state index contributed by atoms with van der Waals surface area (Å²) in [5.74, 6) is 0.137. The second-order valence-electron chi connectivity index (χ2n) is 1.98. The average Bonchev–Trinajstić information content (AvgIpc) is 2.09. The third-order valence-corrected chi connectivity index (χ3v) is 1.18. The Morgan fingerprint density at radius 2 is 2.42 bits per heavy atom. The molecular weight excluding hydrogens is 164 g/mol. The van der Waals surface area contributed by atoms with E-state index < -0.39 is 5.43 Å². The molecular formula is C7H8O5. The molecule has 1 heterocycles. The predicted octanol–water partition coefficient (Wildman–Crippen LogP) is 0.0723. The highest BCUT2D eigenvalue weighted by Gasteiger charge is 2.03. The van der Waals surface area contributed by atoms with Gasteiger partial charge in [0.05, 0.1) is 7.11 Å². The summed E-state index contributed by atoms with van der Waals surface area (Å²) in [7, 11) is 1.28. The second-order valence-corrected chi connectivity index (χ2v) is 1.98. The van der Waals surface area contributed by atoms with Crippen LogP contribution >= 0.6 is 0 Å². The molecule has 1 N–H and O–H groups in total. The van der Waals surface area contributed by atoms with Gasteiger partial charge in [-0.3, -0.25) is 4.79 Å². The fraction of sp³-hybridized carbons (Fsp3) is 0.286. The summed E-state index contributed by atoms with van der Waals surface area (Å²) in [6.45, 7) is -0.317. The zero-order valence-corrected chi connectivity index (χ0v) is 6.44. The van der Waals surface area contributed by atoms with Crippen molar-refractivity contribution in [3.05, 3.63) is 28.3 Å². The molecule has 0 saturated heterocycles. The lowest BCUT2D eigenvalue weighted by Crippen LogP contribution is -2.06. The van der Waals surface area contributed by atoms with E-state index in [1.54, 1.807) is 0 Å². The van der Waals surface area contributed by atoms with Crippen molar-refractivity contribution in [3.8, 4) is 5.75 Å². The summed E-state index contributed by atoms with van der Waals surface area (Å²) < 4.78 is 4.79. The van der Waals surface area contributed by atoms with Gasteiger partial charge in [-0.2, -0.15) is 4.89 Å². The van der Waals surface area contributed by atoms with E-state index in [1.807, 2.05) is 0 Å². The van der Waals surface area contributed by atoms with Crippen LogP contribution in [0.25, 0.3) is 0 Å². The molecule has 0 radical (unpaired) electrons. The second kappa shape index (κ2) is 3.89. The molecule has 0 aliphatic heterocycles. The highest BCUT2D eigenvalue weighted by atomic mass is 17.2. The fourth-order valence-electron chi connectivity index (χ4n) is 0.672. The molecule has 0 aliphatic rings. The number of rotatable bonds is 3. The Bertz CT molecular complexity index is 303. The monoisotopic (exact) mass is 172 g/mol. The predicted molar refractivity (Wildman–Crippen MR) is 38.5 cm³/mol. The first-order valence-electron chi connectivity index (χ1n) is 3.21. The van der Waals surface area contributed by atoms with E-state index in [0.29, 0.717) is 0 Å². The molecule has 0 fully saturated rings. The van der Waals surface area contributed by atoms with Crippen LogP contribution in [0.4, 0.5) is 0 Å². The Morgan fingerprint density at radius 1 is 1.67 bits per heavy atom. The molecule has 1 rings (SSSR count). The van der Waals surface area contributed by atoms with Crippen molar-refractivity contribution in [3.63, 3.8) is 0 Å². The maximum atomic E-state index is 11.0. The van der Waals surface area contributed by atoms with E-state index in [-0.39, 0.29) is 18.1 Å². The lowest BCUT2D eigenvalue weighted by molar-refractivity contribution is -0.180. The lowest BCUT2D eigenvalue weighted by atomic mass is 10.4. The number of hydrogen-bond acceptors (Lipinski definition) is 5. The van der Waals surface area contributed by atoms with E-state index in [4.69, 9.17) is 9.52 Å². The van der Waals surface area contributed by atoms with Gasteiger partial charge in [-0.05, 0) is 0 Å². The molecule has 0 unspecified atom stereocenters. The molecule has 0 aliphatic carbocycles. The molecule has 0 amide bonds. The molecule has 0 atom stereocenters. The van der Waals surface area contributed by atoms with Gasteiger partial charge in [0.2, 0.25) is 11.2 Å². The molecule has 1 aromatic heterocycles. The van der Waals surface area contributed by atoms with Crippen LogP contribution in [0.1, 0.15) is 5.76 Å². The Morgan fingerprint density at radius 3 is 2.92 bits per heavy atom. The van der Waals surface area contributed by atoms with Crippen molar-refractivity contribution in [2.75, 3.05) is 7.11 Å². The first kappa shape index (κ1) is 8.76. The van der Waals surface area contributed by atoms with Gasteiger partial charge in [0.15, 0.2) is 0 Å². The summed E-state index contributed by atoms with van der Waals surface area (Å²) in [4.78, 5) is 19.7. The number of hydrogen-bond donors (Lipinski definition) is 1. The van der Waals surface area contributed by atoms with Crippen LogP contribution in [-0.2, 0) is 11.5 Å². The lowest BCUT2D eigenvalue weighted by Gasteiger charge is -1.98. The van der Waals surface area contributed by atoms with Gasteiger partial charge in [0.25, 0.3) is 0 Å². The summed E-state index contributed by atoms with van der Waals surface area (Å²) in [5, 5.41) is 8.58. The third-order valence-electron chi connectivity index (χ3n) is 1.18. The molecule has 66 valence electrons. The van der Waals surface area contributed by atoms with E-state index in [2.05, 4.69) is 9.78 Å². The van der Waals surface area contributed by atoms with Gasteiger partial charge in [0, 0.05) is 6.07 Å². The molecule has 0 spiro atoms. The summed E-state index contributed by atoms with van der Waals surface area (Å²) >= 11 is 0. The Labute approximate surface area is 68.1 Å². The van der Waals surface area contributed by atoms with Crippen molar-refractivity contribution >= 4 is 0 Å². The van der Waals surface area contributed by atoms with Crippen LogP contribution in [0, 0.1) is 0 Å². The summed E-state index contributed by atoms with van der Waals surface area (Å²) in [6.07, 6.45) is 1.08. The van der Waals surface area contributed by atoms with Gasteiger partial charge in [-0.1, -0.05) is 0 Å². The van der Waals surface area contributed by atoms with Crippen molar-refractivity contribution in [1.82, 2.24) is 0 Å². The van der Waals surface area contributed by atoms with E-state index >= 15 is 0 Å². The normalized spacial score (nSPS) is 9.83. The third kappa shape index (κ3) is 1.84. The van der Waals surface area contributed by atoms with Crippen LogP contribution in [0.3, 0.4) is 0 Å². The highest BCUT2D eigenvalue weighted by molar-refractivity contribution is 5.16.